The van der Waals surface area contributed by atoms with Crippen LogP contribution in [0.2, 0.25) is 0 Å². The standard InChI is InChI=1S/C21H16N4O2/c1-25(16-5-3-11-22-14-16)21(26)15-9-10-20(24-13-15)27-19-8-2-7-18-17(19)6-4-12-23-18/h2-14H,1H3. The summed E-state index contributed by atoms with van der Waals surface area (Å²) in [6, 6.07) is 16.5. The number of amides is 1. The molecule has 4 rings (SSSR count). The number of hydrogen-bond acceptors (Lipinski definition) is 5. The lowest BCUT2D eigenvalue weighted by atomic mass is 10.2. The number of benzene rings is 1. The summed E-state index contributed by atoms with van der Waals surface area (Å²) in [5.74, 6) is 0.906. The van der Waals surface area contributed by atoms with E-state index < -0.39 is 0 Å². The Labute approximate surface area is 156 Å². The Balaban J connectivity index is 1.54. The molecule has 0 aliphatic rings. The first kappa shape index (κ1) is 16.7. The molecule has 0 atom stereocenters. The molecule has 0 aliphatic heterocycles. The summed E-state index contributed by atoms with van der Waals surface area (Å²) in [6.07, 6.45) is 6.55. The van der Waals surface area contributed by atoms with Crippen molar-refractivity contribution in [1.29, 1.82) is 0 Å². The number of rotatable bonds is 4. The smallest absolute Gasteiger partial charge is 0.259 e. The zero-order valence-electron chi connectivity index (χ0n) is 14.6. The van der Waals surface area contributed by atoms with Crippen molar-refractivity contribution in [1.82, 2.24) is 15.0 Å². The predicted octanol–water partition coefficient (Wildman–Crippen LogP) is 4.09. The first-order valence-corrected chi connectivity index (χ1v) is 8.38. The molecule has 0 spiro atoms. The van der Waals surface area contributed by atoms with Crippen LogP contribution in [0.5, 0.6) is 11.6 Å². The van der Waals surface area contributed by atoms with E-state index in [0.29, 0.717) is 22.9 Å². The van der Waals surface area contributed by atoms with Gasteiger partial charge in [0.2, 0.25) is 5.88 Å². The van der Waals surface area contributed by atoms with E-state index in [1.165, 1.54) is 11.1 Å². The fourth-order valence-corrected chi connectivity index (χ4v) is 2.71. The largest absolute Gasteiger partial charge is 0.438 e. The van der Waals surface area contributed by atoms with Gasteiger partial charge in [-0.15, -0.1) is 0 Å². The first-order chi connectivity index (χ1) is 13.2. The Kier molecular flexibility index (Phi) is 4.45. The van der Waals surface area contributed by atoms with Gasteiger partial charge in [0.25, 0.3) is 5.91 Å². The van der Waals surface area contributed by atoms with E-state index in [1.54, 1.807) is 43.8 Å². The van der Waals surface area contributed by atoms with Crippen LogP contribution in [-0.4, -0.2) is 27.9 Å². The van der Waals surface area contributed by atoms with Gasteiger partial charge >= 0.3 is 0 Å². The highest BCUT2D eigenvalue weighted by Crippen LogP contribution is 2.28. The van der Waals surface area contributed by atoms with Gasteiger partial charge in [0.15, 0.2) is 0 Å². The highest BCUT2D eigenvalue weighted by atomic mass is 16.5. The molecule has 0 aliphatic carbocycles. The SMILES string of the molecule is CN(C(=O)c1ccc(Oc2cccc3ncccc23)nc1)c1cccnc1. The van der Waals surface area contributed by atoms with Gasteiger partial charge in [-0.1, -0.05) is 6.07 Å². The zero-order valence-corrected chi connectivity index (χ0v) is 14.6. The molecule has 3 heterocycles. The molecule has 132 valence electrons. The van der Waals surface area contributed by atoms with Gasteiger partial charge in [0, 0.05) is 37.1 Å². The van der Waals surface area contributed by atoms with E-state index >= 15 is 0 Å². The number of carbonyl (C=O) groups excluding carboxylic acids is 1. The number of hydrogen-bond donors (Lipinski definition) is 0. The van der Waals surface area contributed by atoms with Crippen LogP contribution in [0.4, 0.5) is 5.69 Å². The molecular formula is C21H16N4O2. The second-order valence-electron chi connectivity index (χ2n) is 5.89. The summed E-state index contributed by atoms with van der Waals surface area (Å²) >= 11 is 0. The maximum Gasteiger partial charge on any atom is 0.259 e. The Hall–Kier alpha value is -3.80. The van der Waals surface area contributed by atoms with Gasteiger partial charge in [-0.2, -0.15) is 0 Å². The summed E-state index contributed by atoms with van der Waals surface area (Å²) < 4.78 is 5.89. The lowest BCUT2D eigenvalue weighted by molar-refractivity contribution is 0.0992. The van der Waals surface area contributed by atoms with Crippen molar-refractivity contribution < 1.29 is 9.53 Å². The molecule has 3 aromatic heterocycles. The quantitative estimate of drug-likeness (QED) is 0.551. The van der Waals surface area contributed by atoms with Gasteiger partial charge in [-0.3, -0.25) is 14.8 Å². The molecule has 0 saturated carbocycles. The molecule has 27 heavy (non-hydrogen) atoms. The maximum atomic E-state index is 12.6. The van der Waals surface area contributed by atoms with Crippen molar-refractivity contribution in [2.45, 2.75) is 0 Å². The molecule has 0 fully saturated rings. The second-order valence-corrected chi connectivity index (χ2v) is 5.89. The average Bonchev–Trinajstić information content (AvgIpc) is 2.74. The van der Waals surface area contributed by atoms with Crippen molar-refractivity contribution in [3.8, 4) is 11.6 Å². The van der Waals surface area contributed by atoms with E-state index in [2.05, 4.69) is 15.0 Å². The monoisotopic (exact) mass is 356 g/mol. The summed E-state index contributed by atoms with van der Waals surface area (Å²) in [5, 5.41) is 0.901. The number of pyridine rings is 3. The van der Waals surface area contributed by atoms with Crippen molar-refractivity contribution >= 4 is 22.5 Å². The van der Waals surface area contributed by atoms with Crippen LogP contribution in [0.3, 0.4) is 0 Å². The van der Waals surface area contributed by atoms with Crippen LogP contribution < -0.4 is 9.64 Å². The molecule has 0 saturated heterocycles. The highest BCUT2D eigenvalue weighted by Gasteiger charge is 2.14. The lowest BCUT2D eigenvalue weighted by Gasteiger charge is -2.16. The van der Waals surface area contributed by atoms with Crippen molar-refractivity contribution in [3.63, 3.8) is 0 Å². The summed E-state index contributed by atoms with van der Waals surface area (Å²) in [7, 11) is 1.70. The molecule has 4 aromatic rings. The number of aromatic nitrogens is 3. The third kappa shape index (κ3) is 3.46. The minimum atomic E-state index is -0.170. The number of ether oxygens (including phenoxy) is 1. The molecule has 0 bridgehead atoms. The number of fused-ring (bicyclic) bond motifs is 1. The van der Waals surface area contributed by atoms with E-state index in [4.69, 9.17) is 4.74 Å². The fourth-order valence-electron chi connectivity index (χ4n) is 2.71. The topological polar surface area (TPSA) is 68.2 Å². The summed E-state index contributed by atoms with van der Waals surface area (Å²) in [5.41, 5.74) is 2.03. The van der Waals surface area contributed by atoms with Crippen LogP contribution in [0.25, 0.3) is 10.9 Å². The lowest BCUT2D eigenvalue weighted by Crippen LogP contribution is -2.26. The summed E-state index contributed by atoms with van der Waals surface area (Å²) in [6.45, 7) is 0. The van der Waals surface area contributed by atoms with Crippen LogP contribution in [0.1, 0.15) is 10.4 Å². The first-order valence-electron chi connectivity index (χ1n) is 8.38. The molecule has 6 nitrogen and oxygen atoms in total. The predicted molar refractivity (Wildman–Crippen MR) is 103 cm³/mol. The van der Waals surface area contributed by atoms with Crippen molar-refractivity contribution in [2.24, 2.45) is 0 Å². The number of anilines is 1. The van der Waals surface area contributed by atoms with Gasteiger partial charge in [0.05, 0.1) is 23.0 Å². The third-order valence-electron chi connectivity index (χ3n) is 4.14. The van der Waals surface area contributed by atoms with Crippen LogP contribution in [0, 0.1) is 0 Å². The van der Waals surface area contributed by atoms with E-state index in [1.807, 2.05) is 36.4 Å². The second kappa shape index (κ2) is 7.21. The number of carbonyl (C=O) groups is 1. The normalized spacial score (nSPS) is 10.6. The molecule has 1 amide bonds. The Morgan fingerprint density at radius 1 is 0.926 bits per heavy atom. The maximum absolute atomic E-state index is 12.6. The molecule has 0 N–H and O–H groups in total. The highest BCUT2D eigenvalue weighted by molar-refractivity contribution is 6.05. The molecular weight excluding hydrogens is 340 g/mol. The van der Waals surface area contributed by atoms with Crippen LogP contribution in [-0.2, 0) is 0 Å². The summed E-state index contributed by atoms with van der Waals surface area (Å²) in [4.78, 5) is 26.7. The molecule has 6 heteroatoms. The van der Waals surface area contributed by atoms with E-state index in [0.717, 1.165) is 10.9 Å². The van der Waals surface area contributed by atoms with Gasteiger partial charge in [0.1, 0.15) is 5.75 Å². The molecule has 0 unspecified atom stereocenters. The van der Waals surface area contributed by atoms with Crippen LogP contribution in [0.15, 0.2) is 79.4 Å². The van der Waals surface area contributed by atoms with Gasteiger partial charge in [-0.05, 0) is 42.5 Å². The van der Waals surface area contributed by atoms with Gasteiger partial charge in [-0.25, -0.2) is 4.98 Å². The zero-order chi connectivity index (χ0) is 18.6. The third-order valence-corrected chi connectivity index (χ3v) is 4.14. The van der Waals surface area contributed by atoms with E-state index in [9.17, 15) is 4.79 Å². The Morgan fingerprint density at radius 3 is 2.59 bits per heavy atom. The Bertz CT molecular complexity index is 1080. The van der Waals surface area contributed by atoms with Crippen molar-refractivity contribution in [3.05, 3.63) is 84.9 Å². The Morgan fingerprint density at radius 2 is 1.81 bits per heavy atom. The minimum absolute atomic E-state index is 0.170. The van der Waals surface area contributed by atoms with Gasteiger partial charge < -0.3 is 9.64 Å². The molecule has 0 radical (unpaired) electrons. The number of nitrogens with zero attached hydrogens (tertiary/aromatic N) is 4. The average molecular weight is 356 g/mol. The minimum Gasteiger partial charge on any atom is -0.438 e. The molecule has 1 aromatic carbocycles. The van der Waals surface area contributed by atoms with Crippen molar-refractivity contribution in [2.75, 3.05) is 11.9 Å². The van der Waals surface area contributed by atoms with Crippen LogP contribution >= 0.6 is 0 Å². The fraction of sp³-hybridized carbons (Fsp3) is 0.0476. The van der Waals surface area contributed by atoms with E-state index in [-0.39, 0.29) is 5.91 Å².